The third-order valence-corrected chi connectivity index (χ3v) is 12.8. The van der Waals surface area contributed by atoms with E-state index < -0.39 is 89.5 Å². The maximum atomic E-state index is 14.5. The first kappa shape index (κ1) is 48.5. The number of esters is 1. The van der Waals surface area contributed by atoms with E-state index in [1.807, 2.05) is 50.2 Å². The highest BCUT2D eigenvalue weighted by Crippen LogP contribution is 2.40. The second-order valence-corrected chi connectivity index (χ2v) is 18.0. The summed E-state index contributed by atoms with van der Waals surface area (Å²) in [7, 11) is 5.35. The number of rotatable bonds is 11. The van der Waals surface area contributed by atoms with Gasteiger partial charge in [0, 0.05) is 55.3 Å². The topological polar surface area (TPSA) is 208 Å². The predicted octanol–water partition coefficient (Wildman–Crippen LogP) is 4.49. The summed E-state index contributed by atoms with van der Waals surface area (Å²) in [5.74, 6) is -5.33. The summed E-state index contributed by atoms with van der Waals surface area (Å²) in [6, 6.07) is 8.44. The van der Waals surface area contributed by atoms with Crippen molar-refractivity contribution in [3.63, 3.8) is 0 Å². The summed E-state index contributed by atoms with van der Waals surface area (Å²) < 4.78 is 30.8. The van der Waals surface area contributed by atoms with Crippen molar-refractivity contribution >= 4 is 29.7 Å². The average molecular weight is 867 g/mol. The van der Waals surface area contributed by atoms with Crippen molar-refractivity contribution in [1.29, 1.82) is 0 Å². The number of aryl methyl sites for hydroxylation is 1. The molecule has 62 heavy (non-hydrogen) atoms. The molecule has 13 atom stereocenters. The van der Waals surface area contributed by atoms with E-state index in [0.29, 0.717) is 31.6 Å². The van der Waals surface area contributed by atoms with Gasteiger partial charge in [0.05, 0.1) is 12.1 Å². The van der Waals surface area contributed by atoms with Crippen LogP contribution in [0.4, 0.5) is 9.59 Å². The van der Waals surface area contributed by atoms with Crippen molar-refractivity contribution in [3.8, 4) is 11.4 Å². The smallest absolute Gasteiger partial charge is 0.422 e. The fourth-order valence-corrected chi connectivity index (χ4v) is 9.32. The third-order valence-electron chi connectivity index (χ3n) is 12.8. The van der Waals surface area contributed by atoms with Crippen LogP contribution in [0.3, 0.4) is 0 Å². The SMILES string of the molecule is CC[C@H]1OC(=O)[C@H](C)C(=O)[C@H](C)[C@@H](O[C@@H]2O[C@H](C)C[C@H](N(C)C)[C@H]2O)[C@](C)(OC(=O)NN(C)CCCc2ccc(-c3ncccn3)cc2)C[C@@H](C)C(=O)[C@H](C)[C@H]2NC(=O)O[C@@]21C. The number of benzene rings is 1. The van der Waals surface area contributed by atoms with E-state index in [0.717, 1.165) is 11.1 Å². The van der Waals surface area contributed by atoms with Gasteiger partial charge in [-0.05, 0) is 85.5 Å². The maximum Gasteiger partial charge on any atom is 0.422 e. The molecule has 0 radical (unpaired) electrons. The molecule has 2 amide bonds. The number of nitrogens with one attached hydrogen (secondary N) is 2. The maximum absolute atomic E-state index is 14.5. The molecule has 17 nitrogen and oxygen atoms in total. The Morgan fingerprint density at radius 1 is 0.984 bits per heavy atom. The molecular weight excluding hydrogens is 801 g/mol. The van der Waals surface area contributed by atoms with Crippen LogP contribution in [0.1, 0.15) is 86.6 Å². The minimum Gasteiger partial charge on any atom is -0.458 e. The first-order valence-corrected chi connectivity index (χ1v) is 21.7. The van der Waals surface area contributed by atoms with E-state index in [1.54, 1.807) is 72.1 Å². The number of Topliss-reactive ketones (excluding diaryl/α,β-unsaturated/α-hetero) is 2. The Morgan fingerprint density at radius 3 is 2.27 bits per heavy atom. The van der Waals surface area contributed by atoms with E-state index >= 15 is 0 Å². The number of carbonyl (C=O) groups excluding carboxylic acids is 5. The van der Waals surface area contributed by atoms with Crippen LogP contribution in [0, 0.1) is 23.7 Å². The molecule has 0 saturated carbocycles. The van der Waals surface area contributed by atoms with Crippen LogP contribution in [-0.2, 0) is 44.5 Å². The van der Waals surface area contributed by atoms with Crippen molar-refractivity contribution < 1.29 is 52.8 Å². The van der Waals surface area contributed by atoms with E-state index in [4.69, 9.17) is 23.7 Å². The van der Waals surface area contributed by atoms with Gasteiger partial charge >= 0.3 is 18.2 Å². The molecule has 1 aromatic carbocycles. The molecule has 5 rings (SSSR count). The van der Waals surface area contributed by atoms with Crippen molar-refractivity contribution in [3.05, 3.63) is 48.3 Å². The van der Waals surface area contributed by atoms with Crippen LogP contribution in [0.25, 0.3) is 11.4 Å². The summed E-state index contributed by atoms with van der Waals surface area (Å²) >= 11 is 0. The lowest BCUT2D eigenvalue weighted by Crippen LogP contribution is -2.61. The van der Waals surface area contributed by atoms with Crippen molar-refractivity contribution in [2.45, 2.75) is 141 Å². The van der Waals surface area contributed by atoms with Gasteiger partial charge in [0.25, 0.3) is 0 Å². The van der Waals surface area contributed by atoms with Gasteiger partial charge in [0.2, 0.25) is 0 Å². The number of nitrogens with zero attached hydrogens (tertiary/aromatic N) is 4. The molecule has 0 unspecified atom stereocenters. The molecule has 3 aliphatic rings. The fraction of sp³-hybridized carbons (Fsp3) is 0.667. The molecule has 2 aromatic rings. The lowest BCUT2D eigenvalue weighted by atomic mass is 9.73. The highest BCUT2D eigenvalue weighted by atomic mass is 16.7. The molecule has 17 heteroatoms. The Bertz CT molecular complexity index is 1890. The van der Waals surface area contributed by atoms with E-state index in [9.17, 15) is 29.1 Å². The van der Waals surface area contributed by atoms with Crippen LogP contribution >= 0.6 is 0 Å². The summed E-state index contributed by atoms with van der Waals surface area (Å²) in [6.07, 6.45) is -1.48. The minimum atomic E-state index is -1.76. The monoisotopic (exact) mass is 866 g/mol. The number of likely N-dealkylation sites (N-methyl/N-ethyl adjacent to an activating group) is 1. The van der Waals surface area contributed by atoms with Crippen LogP contribution in [0.2, 0.25) is 0 Å². The quantitative estimate of drug-likeness (QED) is 0.123. The lowest BCUT2D eigenvalue weighted by Gasteiger charge is -2.47. The molecule has 4 heterocycles. The first-order chi connectivity index (χ1) is 29.2. The number of aliphatic hydroxyl groups is 1. The lowest BCUT2D eigenvalue weighted by molar-refractivity contribution is -0.292. The number of alkyl carbamates (subject to hydrolysis) is 1. The minimum absolute atomic E-state index is 0.149. The van der Waals surface area contributed by atoms with Gasteiger partial charge in [-0.2, -0.15) is 0 Å². The number of hydrogen-bond acceptors (Lipinski definition) is 15. The van der Waals surface area contributed by atoms with Gasteiger partial charge in [-0.1, -0.05) is 52.0 Å². The number of hydrogen-bond donors (Lipinski definition) is 3. The van der Waals surface area contributed by atoms with Gasteiger partial charge in [0.15, 0.2) is 23.5 Å². The van der Waals surface area contributed by atoms with Gasteiger partial charge in [-0.3, -0.25) is 19.8 Å². The Kier molecular flexibility index (Phi) is 15.9. The van der Waals surface area contributed by atoms with Crippen LogP contribution in [0.5, 0.6) is 0 Å². The summed E-state index contributed by atoms with van der Waals surface area (Å²) in [4.78, 5) is 80.1. The zero-order valence-corrected chi connectivity index (χ0v) is 38.0. The Hall–Kier alpha value is -4.55. The van der Waals surface area contributed by atoms with Crippen LogP contribution < -0.4 is 10.7 Å². The standard InChI is InChI=1S/C45H66N6O11/c1-12-33-45(8)37(48-42(56)62-45)27(4)34(52)25(2)24-44(7,61-43(57)49-51(11)22-13-15-30-16-18-31(19-17-30)39-46-20-14-21-47-39)38(28(5)35(53)29(6)40(55)59-33)60-41-36(54)32(50(9)10)23-26(3)58-41/h14,16-21,25-29,32-33,36-38,41,54H,12-13,15,22-24H2,1-11H3,(H,48,56)(H,49,57)/t25-,26-,27+,28+,29-,32+,33-,36-,37-,38-,41+,44-,45-/m1/s1. The summed E-state index contributed by atoms with van der Waals surface area (Å²) in [6.45, 7) is 13.6. The molecule has 3 aliphatic heterocycles. The van der Waals surface area contributed by atoms with Crippen molar-refractivity contribution in [2.75, 3.05) is 27.7 Å². The Morgan fingerprint density at radius 2 is 1.65 bits per heavy atom. The largest absolute Gasteiger partial charge is 0.458 e. The highest BCUT2D eigenvalue weighted by Gasteiger charge is 2.57. The number of amides is 2. The molecule has 3 N–H and O–H groups in total. The molecule has 1 aromatic heterocycles. The molecule has 0 aliphatic carbocycles. The summed E-state index contributed by atoms with van der Waals surface area (Å²) in [5.41, 5.74) is 1.56. The summed E-state index contributed by atoms with van der Waals surface area (Å²) in [5, 5.41) is 16.0. The van der Waals surface area contributed by atoms with Gasteiger partial charge in [-0.25, -0.2) is 24.6 Å². The van der Waals surface area contributed by atoms with Crippen molar-refractivity contribution in [1.82, 2.24) is 30.6 Å². The van der Waals surface area contributed by atoms with Crippen LogP contribution in [-0.4, -0.2) is 136 Å². The molecular formula is C45H66N6O11. The highest BCUT2D eigenvalue weighted by molar-refractivity contribution is 6.00. The fourth-order valence-electron chi connectivity index (χ4n) is 9.32. The normalized spacial score (nSPS) is 34.8. The number of ketones is 2. The molecule has 0 spiro atoms. The third kappa shape index (κ3) is 11.0. The second-order valence-electron chi connectivity index (χ2n) is 18.0. The number of cyclic esters (lactones) is 1. The number of fused-ring (bicyclic) bond motifs is 1. The zero-order valence-electron chi connectivity index (χ0n) is 38.0. The van der Waals surface area contributed by atoms with Gasteiger partial charge in [0.1, 0.15) is 35.6 Å². The van der Waals surface area contributed by atoms with E-state index in [1.165, 1.54) is 6.92 Å². The molecule has 342 valence electrons. The average Bonchev–Trinajstić information content (AvgIpc) is 3.55. The number of hydrazine groups is 1. The van der Waals surface area contributed by atoms with E-state index in [-0.39, 0.29) is 30.8 Å². The van der Waals surface area contributed by atoms with E-state index in [2.05, 4.69) is 20.7 Å². The van der Waals surface area contributed by atoms with Crippen LogP contribution in [0.15, 0.2) is 42.7 Å². The first-order valence-electron chi connectivity index (χ1n) is 21.7. The second kappa shape index (κ2) is 20.3. The number of aromatic nitrogens is 2. The van der Waals surface area contributed by atoms with Crippen molar-refractivity contribution in [2.24, 2.45) is 23.7 Å². The predicted molar refractivity (Wildman–Crippen MR) is 227 cm³/mol. The number of carbonyl (C=O) groups is 5. The number of ether oxygens (including phenoxy) is 5. The molecule has 3 fully saturated rings. The molecule has 0 bridgehead atoms. The zero-order chi connectivity index (χ0) is 45.7. The van der Waals surface area contributed by atoms with Gasteiger partial charge in [-0.15, -0.1) is 0 Å². The van der Waals surface area contributed by atoms with Gasteiger partial charge < -0.3 is 39.0 Å². The molecule has 3 saturated heterocycles. The Balaban J connectivity index is 1.44. The Labute approximate surface area is 364 Å². The number of aliphatic hydroxyl groups excluding tert-OH is 1.